The molecule has 0 aromatic heterocycles. The average Bonchev–Trinajstić information content (AvgIpc) is 3.25. The van der Waals surface area contributed by atoms with Gasteiger partial charge in [0.1, 0.15) is 13.2 Å². The van der Waals surface area contributed by atoms with E-state index in [1.165, 1.54) is 231 Å². The number of aliphatic hydroxyl groups excluding tert-OH is 1. The first kappa shape index (κ1) is 63.5. The van der Waals surface area contributed by atoms with Gasteiger partial charge in [0.05, 0.1) is 39.9 Å². The molecule has 64 heavy (non-hydrogen) atoms. The van der Waals surface area contributed by atoms with Crippen molar-refractivity contribution in [2.75, 3.05) is 40.9 Å². The maximum atomic E-state index is 13.0. The molecule has 0 spiro atoms. The molecular weight excluding hydrogens is 816 g/mol. The molecule has 0 aromatic rings. The Morgan fingerprint density at radius 3 is 1.05 bits per heavy atom. The largest absolute Gasteiger partial charge is 0.472 e. The summed E-state index contributed by atoms with van der Waals surface area (Å²) in [6, 6.07) is -0.755. The van der Waals surface area contributed by atoms with Crippen molar-refractivity contribution >= 4 is 13.7 Å². The van der Waals surface area contributed by atoms with Gasteiger partial charge in [0.25, 0.3) is 0 Å². The number of nitrogens with zero attached hydrogens (tertiary/aromatic N) is 1. The van der Waals surface area contributed by atoms with Gasteiger partial charge in [-0.15, -0.1) is 0 Å². The summed E-state index contributed by atoms with van der Waals surface area (Å²) in [5.74, 6) is -0.136. The molecule has 0 rings (SSSR count). The van der Waals surface area contributed by atoms with E-state index in [-0.39, 0.29) is 19.1 Å². The Kier molecular flexibility index (Phi) is 47.2. The van der Waals surface area contributed by atoms with E-state index in [9.17, 15) is 19.4 Å². The first-order valence-electron chi connectivity index (χ1n) is 28.4. The van der Waals surface area contributed by atoms with E-state index in [1.807, 2.05) is 21.1 Å². The molecule has 384 valence electrons. The van der Waals surface area contributed by atoms with Crippen LogP contribution < -0.4 is 5.32 Å². The zero-order valence-electron chi connectivity index (χ0n) is 43.8. The molecule has 3 atom stereocenters. The van der Waals surface area contributed by atoms with E-state index in [1.54, 1.807) is 0 Å². The van der Waals surface area contributed by atoms with Crippen LogP contribution in [-0.2, 0) is 18.4 Å². The number of phosphoric acid groups is 1. The van der Waals surface area contributed by atoms with Gasteiger partial charge in [-0.1, -0.05) is 277 Å². The summed E-state index contributed by atoms with van der Waals surface area (Å²) in [6.07, 6.45) is 55.8. The SMILES string of the molecule is CCCCCCCCCCCCCCCCCCCCCCCCCC(=O)NC(COP(=O)(O)OCC[N+](C)(C)C)C(O)CCCCCCCCCCCCCCCCCCCCC. The Morgan fingerprint density at radius 2 is 0.750 bits per heavy atom. The van der Waals surface area contributed by atoms with E-state index in [2.05, 4.69) is 19.2 Å². The number of rotatable bonds is 53. The lowest BCUT2D eigenvalue weighted by Gasteiger charge is -2.26. The van der Waals surface area contributed by atoms with Crippen LogP contribution in [0.4, 0.5) is 0 Å². The third-order valence-corrected chi connectivity index (χ3v) is 14.3. The molecule has 0 aliphatic heterocycles. The molecule has 9 heteroatoms. The van der Waals surface area contributed by atoms with Crippen LogP contribution in [-0.4, -0.2) is 73.4 Å². The minimum Gasteiger partial charge on any atom is -0.391 e. The number of hydrogen-bond acceptors (Lipinski definition) is 5. The van der Waals surface area contributed by atoms with Gasteiger partial charge < -0.3 is 19.8 Å². The quantitative estimate of drug-likeness (QED) is 0.0319. The van der Waals surface area contributed by atoms with Crippen molar-refractivity contribution in [1.29, 1.82) is 0 Å². The van der Waals surface area contributed by atoms with E-state index in [0.717, 1.165) is 38.5 Å². The zero-order valence-corrected chi connectivity index (χ0v) is 44.7. The van der Waals surface area contributed by atoms with Crippen LogP contribution in [0.25, 0.3) is 0 Å². The molecule has 0 aromatic carbocycles. The van der Waals surface area contributed by atoms with Gasteiger partial charge in [-0.05, 0) is 12.8 Å². The lowest BCUT2D eigenvalue weighted by atomic mass is 10.0. The van der Waals surface area contributed by atoms with Crippen molar-refractivity contribution in [2.45, 2.75) is 309 Å². The van der Waals surface area contributed by atoms with Crippen LogP contribution in [0, 0.1) is 0 Å². The smallest absolute Gasteiger partial charge is 0.391 e. The molecule has 0 aliphatic rings. The molecule has 0 aliphatic carbocycles. The van der Waals surface area contributed by atoms with Gasteiger partial charge in [-0.2, -0.15) is 0 Å². The molecule has 8 nitrogen and oxygen atoms in total. The predicted octanol–water partition coefficient (Wildman–Crippen LogP) is 16.9. The van der Waals surface area contributed by atoms with Gasteiger partial charge >= 0.3 is 7.82 Å². The van der Waals surface area contributed by atoms with E-state index in [0.29, 0.717) is 23.9 Å². The number of likely N-dealkylation sites (N-methyl/N-ethyl adjacent to an activating group) is 1. The van der Waals surface area contributed by atoms with Crippen LogP contribution in [0.5, 0.6) is 0 Å². The van der Waals surface area contributed by atoms with E-state index in [4.69, 9.17) is 9.05 Å². The Bertz CT molecular complexity index is 1010. The fraction of sp³-hybridized carbons (Fsp3) is 0.982. The van der Waals surface area contributed by atoms with Gasteiger partial charge in [0, 0.05) is 6.42 Å². The third-order valence-electron chi connectivity index (χ3n) is 13.4. The van der Waals surface area contributed by atoms with Crippen molar-refractivity contribution in [3.05, 3.63) is 0 Å². The molecule has 0 fully saturated rings. The molecular formula is C55H114N2O6P+. The number of unbranched alkanes of at least 4 members (excludes halogenated alkanes) is 40. The Hall–Kier alpha value is -0.500. The second kappa shape index (κ2) is 47.6. The topological polar surface area (TPSA) is 105 Å². The van der Waals surface area contributed by atoms with Crippen LogP contribution >= 0.6 is 7.82 Å². The first-order chi connectivity index (χ1) is 31.0. The predicted molar refractivity (Wildman–Crippen MR) is 277 cm³/mol. The summed E-state index contributed by atoms with van der Waals surface area (Å²) < 4.78 is 23.8. The number of hydrogen-bond donors (Lipinski definition) is 3. The Morgan fingerprint density at radius 1 is 0.469 bits per heavy atom. The molecule has 3 N–H and O–H groups in total. The molecule has 0 radical (unpaired) electrons. The maximum absolute atomic E-state index is 13.0. The van der Waals surface area contributed by atoms with Crippen LogP contribution in [0.2, 0.25) is 0 Å². The molecule has 0 saturated heterocycles. The summed E-state index contributed by atoms with van der Waals surface area (Å²) in [6.45, 7) is 4.94. The van der Waals surface area contributed by atoms with Gasteiger partial charge in [-0.3, -0.25) is 13.8 Å². The van der Waals surface area contributed by atoms with Gasteiger partial charge in [0.2, 0.25) is 5.91 Å². The Balaban J connectivity index is 4.13. The first-order valence-corrected chi connectivity index (χ1v) is 29.9. The molecule has 0 saturated carbocycles. The highest BCUT2D eigenvalue weighted by atomic mass is 31.2. The highest BCUT2D eigenvalue weighted by Crippen LogP contribution is 2.43. The zero-order chi connectivity index (χ0) is 47.1. The van der Waals surface area contributed by atoms with E-state index < -0.39 is 20.0 Å². The Labute approximate surface area is 399 Å². The van der Waals surface area contributed by atoms with Crippen molar-refractivity contribution in [3.8, 4) is 0 Å². The lowest BCUT2D eigenvalue weighted by molar-refractivity contribution is -0.870. The third kappa shape index (κ3) is 49.4. The lowest BCUT2D eigenvalue weighted by Crippen LogP contribution is -2.46. The standard InChI is InChI=1S/C55H113N2O6P/c1-6-8-10-12-14-16-18-20-22-24-26-27-28-29-31-33-35-37-39-41-43-45-47-49-55(59)56-53(52-63-64(60,61)62-51-50-57(3,4)5)54(58)48-46-44-42-40-38-36-34-32-30-25-23-21-19-17-15-13-11-9-7-2/h53-54,58H,6-52H2,1-5H3,(H-,56,59,60,61)/p+1. The molecule has 0 bridgehead atoms. The second-order valence-electron chi connectivity index (χ2n) is 21.0. The van der Waals surface area contributed by atoms with Gasteiger partial charge in [0.15, 0.2) is 0 Å². The summed E-state index contributed by atoms with van der Waals surface area (Å²) >= 11 is 0. The number of phosphoric ester groups is 1. The summed E-state index contributed by atoms with van der Waals surface area (Å²) in [4.78, 5) is 23.3. The normalized spacial score (nSPS) is 13.9. The number of nitrogens with one attached hydrogen (secondary N) is 1. The van der Waals surface area contributed by atoms with Crippen molar-refractivity contribution in [3.63, 3.8) is 0 Å². The number of carbonyl (C=O) groups excluding carboxylic acids is 1. The van der Waals surface area contributed by atoms with Crippen molar-refractivity contribution in [2.24, 2.45) is 0 Å². The summed E-state index contributed by atoms with van der Waals surface area (Å²) in [7, 11) is 1.64. The van der Waals surface area contributed by atoms with Crippen LogP contribution in [0.3, 0.4) is 0 Å². The fourth-order valence-corrected chi connectivity index (χ4v) is 9.61. The molecule has 0 heterocycles. The van der Waals surface area contributed by atoms with Crippen molar-refractivity contribution < 1.29 is 32.9 Å². The molecule has 3 unspecified atom stereocenters. The fourth-order valence-electron chi connectivity index (χ4n) is 8.87. The molecule has 1 amide bonds. The summed E-state index contributed by atoms with van der Waals surface area (Å²) in [5, 5.41) is 14.1. The van der Waals surface area contributed by atoms with Crippen LogP contribution in [0.15, 0.2) is 0 Å². The number of carbonyl (C=O) groups is 1. The van der Waals surface area contributed by atoms with Gasteiger partial charge in [-0.25, -0.2) is 4.57 Å². The highest BCUT2D eigenvalue weighted by molar-refractivity contribution is 7.47. The number of aliphatic hydroxyl groups is 1. The second-order valence-corrected chi connectivity index (χ2v) is 22.5. The van der Waals surface area contributed by atoms with E-state index >= 15 is 0 Å². The van der Waals surface area contributed by atoms with Crippen LogP contribution in [0.1, 0.15) is 296 Å². The maximum Gasteiger partial charge on any atom is 0.472 e. The average molecular weight is 930 g/mol. The number of quaternary nitrogens is 1. The summed E-state index contributed by atoms with van der Waals surface area (Å²) in [5.41, 5.74) is 0. The highest BCUT2D eigenvalue weighted by Gasteiger charge is 2.28. The van der Waals surface area contributed by atoms with Crippen molar-refractivity contribution in [1.82, 2.24) is 5.32 Å². The monoisotopic (exact) mass is 930 g/mol. The minimum absolute atomic E-state index is 0.0791. The minimum atomic E-state index is -4.32. The number of amides is 1.